The predicted octanol–water partition coefficient (Wildman–Crippen LogP) is 1.54. The molecule has 1 aromatic rings. The number of rotatable bonds is 5. The Morgan fingerprint density at radius 1 is 1.33 bits per heavy atom. The van der Waals surface area contributed by atoms with Crippen LogP contribution in [0.4, 0.5) is 4.79 Å². The normalized spacial score (nSPS) is 24.5. The highest BCUT2D eigenvalue weighted by atomic mass is 16.5. The SMILES string of the molecule is COc1ccc([C@@]2(C)NC(=O)N(NC(=O)[C@@H](C)C3CC3)C2=O)cc1. The molecule has 1 aliphatic heterocycles. The Morgan fingerprint density at radius 3 is 2.50 bits per heavy atom. The molecule has 2 atom stereocenters. The highest BCUT2D eigenvalue weighted by molar-refractivity contribution is 6.08. The molecular formula is C17H21N3O4. The maximum Gasteiger partial charge on any atom is 0.344 e. The van der Waals surface area contributed by atoms with Gasteiger partial charge in [0.2, 0.25) is 5.91 Å². The van der Waals surface area contributed by atoms with Crippen molar-refractivity contribution in [3.8, 4) is 5.75 Å². The average molecular weight is 331 g/mol. The number of nitrogens with one attached hydrogen (secondary N) is 2. The molecule has 1 saturated heterocycles. The molecule has 7 heteroatoms. The van der Waals surface area contributed by atoms with Crippen molar-refractivity contribution < 1.29 is 19.1 Å². The zero-order valence-corrected chi connectivity index (χ0v) is 14.0. The summed E-state index contributed by atoms with van der Waals surface area (Å²) in [6, 6.07) is 6.24. The van der Waals surface area contributed by atoms with Crippen LogP contribution in [0.2, 0.25) is 0 Å². The summed E-state index contributed by atoms with van der Waals surface area (Å²) < 4.78 is 5.10. The number of benzene rings is 1. The van der Waals surface area contributed by atoms with Crippen LogP contribution >= 0.6 is 0 Å². The number of hydrogen-bond acceptors (Lipinski definition) is 4. The van der Waals surface area contributed by atoms with E-state index in [1.165, 1.54) is 0 Å². The lowest BCUT2D eigenvalue weighted by atomic mass is 9.92. The number of amides is 4. The summed E-state index contributed by atoms with van der Waals surface area (Å²) in [6.45, 7) is 3.43. The number of imide groups is 1. The highest BCUT2D eigenvalue weighted by Crippen LogP contribution is 2.37. The van der Waals surface area contributed by atoms with Crippen molar-refractivity contribution in [2.24, 2.45) is 11.8 Å². The third-order valence-corrected chi connectivity index (χ3v) is 4.82. The van der Waals surface area contributed by atoms with Crippen LogP contribution in [0.1, 0.15) is 32.3 Å². The fourth-order valence-corrected chi connectivity index (χ4v) is 2.88. The first kappa shape index (κ1) is 16.3. The molecule has 24 heavy (non-hydrogen) atoms. The van der Waals surface area contributed by atoms with Crippen molar-refractivity contribution in [3.63, 3.8) is 0 Å². The Labute approximate surface area is 140 Å². The Bertz CT molecular complexity index is 684. The molecule has 0 bridgehead atoms. The van der Waals surface area contributed by atoms with Gasteiger partial charge in [-0.25, -0.2) is 4.79 Å². The van der Waals surface area contributed by atoms with E-state index in [0.717, 1.165) is 17.9 Å². The molecule has 0 spiro atoms. The molecular weight excluding hydrogens is 310 g/mol. The lowest BCUT2D eigenvalue weighted by Gasteiger charge is -2.23. The molecule has 128 valence electrons. The van der Waals surface area contributed by atoms with Gasteiger partial charge in [-0.2, -0.15) is 5.01 Å². The Hall–Kier alpha value is -2.57. The molecule has 0 aromatic heterocycles. The molecule has 2 fully saturated rings. The van der Waals surface area contributed by atoms with Crippen molar-refractivity contribution in [2.45, 2.75) is 32.2 Å². The zero-order chi connectivity index (χ0) is 17.5. The zero-order valence-electron chi connectivity index (χ0n) is 14.0. The van der Waals surface area contributed by atoms with Crippen LogP contribution in [0.5, 0.6) is 5.75 Å². The van der Waals surface area contributed by atoms with Gasteiger partial charge < -0.3 is 10.1 Å². The van der Waals surface area contributed by atoms with Crippen molar-refractivity contribution in [3.05, 3.63) is 29.8 Å². The second-order valence-electron chi connectivity index (χ2n) is 6.53. The fraction of sp³-hybridized carbons (Fsp3) is 0.471. The molecule has 4 amide bonds. The van der Waals surface area contributed by atoms with Gasteiger partial charge in [0.15, 0.2) is 0 Å². The van der Waals surface area contributed by atoms with Crippen LogP contribution in [0.25, 0.3) is 0 Å². The number of carbonyl (C=O) groups is 3. The first-order valence-electron chi connectivity index (χ1n) is 7.98. The Balaban J connectivity index is 1.77. The van der Waals surface area contributed by atoms with Crippen molar-refractivity contribution in [1.82, 2.24) is 15.8 Å². The van der Waals surface area contributed by atoms with E-state index in [4.69, 9.17) is 4.74 Å². The van der Waals surface area contributed by atoms with Gasteiger partial charge in [0.05, 0.1) is 7.11 Å². The second-order valence-corrected chi connectivity index (χ2v) is 6.53. The summed E-state index contributed by atoms with van der Waals surface area (Å²) in [4.78, 5) is 37.1. The molecule has 1 saturated carbocycles. The fourth-order valence-electron chi connectivity index (χ4n) is 2.88. The number of hydrogen-bond donors (Lipinski definition) is 2. The summed E-state index contributed by atoms with van der Waals surface area (Å²) in [6.07, 6.45) is 2.02. The lowest BCUT2D eigenvalue weighted by molar-refractivity contribution is -0.140. The van der Waals surface area contributed by atoms with Gasteiger partial charge in [-0.15, -0.1) is 0 Å². The third kappa shape index (κ3) is 2.70. The van der Waals surface area contributed by atoms with E-state index in [1.54, 1.807) is 38.3 Å². The van der Waals surface area contributed by atoms with Gasteiger partial charge in [0, 0.05) is 5.92 Å². The van der Waals surface area contributed by atoms with E-state index in [1.807, 2.05) is 6.92 Å². The van der Waals surface area contributed by atoms with Crippen LogP contribution in [-0.2, 0) is 15.1 Å². The van der Waals surface area contributed by atoms with E-state index < -0.39 is 17.5 Å². The number of urea groups is 1. The van der Waals surface area contributed by atoms with Gasteiger partial charge in [0.25, 0.3) is 5.91 Å². The maximum absolute atomic E-state index is 12.7. The van der Waals surface area contributed by atoms with Crippen LogP contribution in [0, 0.1) is 11.8 Å². The van der Waals surface area contributed by atoms with E-state index in [2.05, 4.69) is 10.7 Å². The number of hydrazine groups is 1. The standard InChI is InChI=1S/C17H21N3O4/c1-10(11-4-5-11)14(21)19-20-15(22)17(2,18-16(20)23)12-6-8-13(24-3)9-7-12/h6-11H,4-5H2,1-3H3,(H,18,23)(H,19,21)/t10-,17+/m0/s1. The van der Waals surface area contributed by atoms with Crippen LogP contribution in [0.15, 0.2) is 24.3 Å². The second kappa shape index (κ2) is 5.81. The number of methoxy groups -OCH3 is 1. The van der Waals surface area contributed by atoms with Crippen molar-refractivity contribution >= 4 is 17.8 Å². The molecule has 2 aliphatic rings. The molecule has 7 nitrogen and oxygen atoms in total. The number of carbonyl (C=O) groups excluding carboxylic acids is 3. The van der Waals surface area contributed by atoms with Crippen molar-refractivity contribution in [1.29, 1.82) is 0 Å². The van der Waals surface area contributed by atoms with E-state index in [-0.39, 0.29) is 11.8 Å². The molecule has 2 N–H and O–H groups in total. The van der Waals surface area contributed by atoms with Crippen molar-refractivity contribution in [2.75, 3.05) is 7.11 Å². The number of ether oxygens (including phenoxy) is 1. The summed E-state index contributed by atoms with van der Waals surface area (Å²) in [5, 5.41) is 3.44. The predicted molar refractivity (Wildman–Crippen MR) is 85.8 cm³/mol. The van der Waals surface area contributed by atoms with Gasteiger partial charge in [0.1, 0.15) is 11.3 Å². The Morgan fingerprint density at radius 2 is 1.96 bits per heavy atom. The van der Waals surface area contributed by atoms with Gasteiger partial charge in [-0.1, -0.05) is 19.1 Å². The molecule has 3 rings (SSSR count). The molecule has 0 unspecified atom stereocenters. The summed E-state index contributed by atoms with van der Waals surface area (Å²) in [5.74, 6) is -0.0197. The van der Waals surface area contributed by atoms with Gasteiger partial charge >= 0.3 is 6.03 Å². The lowest BCUT2D eigenvalue weighted by Crippen LogP contribution is -2.49. The quantitative estimate of drug-likeness (QED) is 0.801. The molecule has 0 radical (unpaired) electrons. The number of nitrogens with zero attached hydrogens (tertiary/aromatic N) is 1. The molecule has 1 aromatic carbocycles. The monoisotopic (exact) mass is 331 g/mol. The first-order chi connectivity index (χ1) is 11.4. The van der Waals surface area contributed by atoms with Crippen LogP contribution < -0.4 is 15.5 Å². The first-order valence-corrected chi connectivity index (χ1v) is 7.98. The summed E-state index contributed by atoms with van der Waals surface area (Å²) in [7, 11) is 1.55. The summed E-state index contributed by atoms with van der Waals surface area (Å²) in [5.41, 5.74) is 1.85. The summed E-state index contributed by atoms with van der Waals surface area (Å²) >= 11 is 0. The van der Waals surface area contributed by atoms with Gasteiger partial charge in [-0.05, 0) is 43.4 Å². The molecule has 1 aliphatic carbocycles. The highest BCUT2D eigenvalue weighted by Gasteiger charge is 2.50. The third-order valence-electron chi connectivity index (χ3n) is 4.82. The van der Waals surface area contributed by atoms with E-state index in [0.29, 0.717) is 17.2 Å². The van der Waals surface area contributed by atoms with Crippen LogP contribution in [-0.4, -0.2) is 30.0 Å². The van der Waals surface area contributed by atoms with E-state index >= 15 is 0 Å². The largest absolute Gasteiger partial charge is 0.497 e. The minimum atomic E-state index is -1.22. The van der Waals surface area contributed by atoms with Gasteiger partial charge in [-0.3, -0.25) is 15.0 Å². The van der Waals surface area contributed by atoms with E-state index in [9.17, 15) is 14.4 Å². The minimum Gasteiger partial charge on any atom is -0.497 e. The maximum atomic E-state index is 12.7. The minimum absolute atomic E-state index is 0.210. The topological polar surface area (TPSA) is 87.7 Å². The Kier molecular flexibility index (Phi) is 3.95. The molecule has 1 heterocycles. The van der Waals surface area contributed by atoms with Crippen LogP contribution in [0.3, 0.4) is 0 Å². The average Bonchev–Trinajstić information content (AvgIpc) is 3.39. The smallest absolute Gasteiger partial charge is 0.344 e.